The number of carbonyl (C=O) groups excluding carboxylic acids is 1. The predicted molar refractivity (Wildman–Crippen MR) is 86.7 cm³/mol. The molecule has 0 aliphatic rings. The van der Waals surface area contributed by atoms with Crippen LogP contribution in [0.15, 0.2) is 18.2 Å². The SMILES string of the molecule is CCCCCN(C(=O)c1cc(Cl)ccc1NC)C(C)C. The van der Waals surface area contributed by atoms with Gasteiger partial charge in [-0.2, -0.15) is 0 Å². The Hall–Kier alpha value is -1.22. The molecule has 0 bridgehead atoms. The van der Waals surface area contributed by atoms with E-state index in [0.717, 1.165) is 31.5 Å². The standard InChI is InChI=1S/C16H25ClN2O/c1-5-6-7-10-19(12(2)3)16(20)14-11-13(17)8-9-15(14)18-4/h8-9,11-12,18H,5-7,10H2,1-4H3. The van der Waals surface area contributed by atoms with Crippen LogP contribution in [0.1, 0.15) is 50.4 Å². The maximum absolute atomic E-state index is 12.7. The monoisotopic (exact) mass is 296 g/mol. The van der Waals surface area contributed by atoms with Crippen molar-refractivity contribution in [1.29, 1.82) is 0 Å². The van der Waals surface area contributed by atoms with Crippen molar-refractivity contribution in [3.63, 3.8) is 0 Å². The first kappa shape index (κ1) is 16.8. The molecule has 0 radical (unpaired) electrons. The summed E-state index contributed by atoms with van der Waals surface area (Å²) in [5.41, 5.74) is 1.46. The van der Waals surface area contributed by atoms with Gasteiger partial charge < -0.3 is 10.2 Å². The van der Waals surface area contributed by atoms with Gasteiger partial charge in [0.15, 0.2) is 0 Å². The highest BCUT2D eigenvalue weighted by molar-refractivity contribution is 6.31. The summed E-state index contributed by atoms with van der Waals surface area (Å²) in [4.78, 5) is 14.7. The number of rotatable bonds is 7. The molecule has 3 nitrogen and oxygen atoms in total. The number of nitrogens with zero attached hydrogens (tertiary/aromatic N) is 1. The Morgan fingerprint density at radius 2 is 2.05 bits per heavy atom. The third kappa shape index (κ3) is 4.41. The molecule has 0 atom stereocenters. The zero-order valence-electron chi connectivity index (χ0n) is 12.9. The van der Waals surface area contributed by atoms with Crippen LogP contribution in [0.25, 0.3) is 0 Å². The van der Waals surface area contributed by atoms with Gasteiger partial charge in [-0.25, -0.2) is 0 Å². The van der Waals surface area contributed by atoms with Crippen molar-refractivity contribution in [2.75, 3.05) is 18.9 Å². The van der Waals surface area contributed by atoms with Crippen LogP contribution in [0, 0.1) is 0 Å². The first-order valence-electron chi connectivity index (χ1n) is 7.29. The lowest BCUT2D eigenvalue weighted by atomic mass is 10.1. The van der Waals surface area contributed by atoms with Crippen LogP contribution in [0.3, 0.4) is 0 Å². The fraction of sp³-hybridized carbons (Fsp3) is 0.562. The van der Waals surface area contributed by atoms with E-state index in [-0.39, 0.29) is 11.9 Å². The van der Waals surface area contributed by atoms with Crippen molar-refractivity contribution in [2.24, 2.45) is 0 Å². The number of hydrogen-bond donors (Lipinski definition) is 1. The van der Waals surface area contributed by atoms with E-state index >= 15 is 0 Å². The van der Waals surface area contributed by atoms with Crippen molar-refractivity contribution >= 4 is 23.2 Å². The van der Waals surface area contributed by atoms with Crippen LogP contribution in [0.4, 0.5) is 5.69 Å². The van der Waals surface area contributed by atoms with Gasteiger partial charge in [0.1, 0.15) is 0 Å². The average molecular weight is 297 g/mol. The lowest BCUT2D eigenvalue weighted by Crippen LogP contribution is -2.38. The summed E-state index contributed by atoms with van der Waals surface area (Å²) >= 11 is 6.03. The van der Waals surface area contributed by atoms with E-state index < -0.39 is 0 Å². The van der Waals surface area contributed by atoms with Gasteiger partial charge in [-0.15, -0.1) is 0 Å². The van der Waals surface area contributed by atoms with Crippen molar-refractivity contribution in [3.05, 3.63) is 28.8 Å². The summed E-state index contributed by atoms with van der Waals surface area (Å²) in [6, 6.07) is 5.56. The third-order valence-corrected chi connectivity index (χ3v) is 3.60. The molecule has 1 aromatic rings. The molecule has 0 aliphatic heterocycles. The Balaban J connectivity index is 2.96. The molecular weight excluding hydrogens is 272 g/mol. The smallest absolute Gasteiger partial charge is 0.256 e. The summed E-state index contributed by atoms with van der Waals surface area (Å²) in [6.45, 7) is 7.05. The van der Waals surface area contributed by atoms with E-state index in [1.54, 1.807) is 12.1 Å². The molecule has 0 aliphatic carbocycles. The number of halogens is 1. The second-order valence-corrected chi connectivity index (χ2v) is 5.68. The van der Waals surface area contributed by atoms with E-state index in [0.29, 0.717) is 10.6 Å². The van der Waals surface area contributed by atoms with E-state index in [4.69, 9.17) is 11.6 Å². The molecule has 20 heavy (non-hydrogen) atoms. The molecule has 0 spiro atoms. The maximum atomic E-state index is 12.7. The molecule has 0 unspecified atom stereocenters. The van der Waals surface area contributed by atoms with E-state index in [1.165, 1.54) is 0 Å². The van der Waals surface area contributed by atoms with Crippen molar-refractivity contribution in [1.82, 2.24) is 4.90 Å². The second-order valence-electron chi connectivity index (χ2n) is 5.24. The Bertz CT molecular complexity index is 446. The van der Waals surface area contributed by atoms with Crippen LogP contribution >= 0.6 is 11.6 Å². The normalized spacial score (nSPS) is 10.7. The Labute approximate surface area is 127 Å². The fourth-order valence-electron chi connectivity index (χ4n) is 2.19. The molecule has 1 aromatic carbocycles. The number of hydrogen-bond acceptors (Lipinski definition) is 2. The van der Waals surface area contributed by atoms with Crippen LogP contribution in [-0.2, 0) is 0 Å². The molecular formula is C16H25ClN2O. The lowest BCUT2D eigenvalue weighted by molar-refractivity contribution is 0.0703. The highest BCUT2D eigenvalue weighted by Crippen LogP contribution is 2.23. The molecule has 0 fully saturated rings. The summed E-state index contributed by atoms with van der Waals surface area (Å²) in [5, 5.41) is 3.65. The van der Waals surface area contributed by atoms with E-state index in [1.807, 2.05) is 31.9 Å². The van der Waals surface area contributed by atoms with Crippen LogP contribution < -0.4 is 5.32 Å². The van der Waals surface area contributed by atoms with Crippen molar-refractivity contribution in [2.45, 2.75) is 46.1 Å². The molecule has 0 heterocycles. The molecule has 4 heteroatoms. The minimum Gasteiger partial charge on any atom is -0.387 e. The fourth-order valence-corrected chi connectivity index (χ4v) is 2.36. The lowest BCUT2D eigenvalue weighted by Gasteiger charge is -2.27. The van der Waals surface area contributed by atoms with Crippen molar-refractivity contribution in [3.8, 4) is 0 Å². The number of unbranched alkanes of at least 4 members (excludes halogenated alkanes) is 2. The van der Waals surface area contributed by atoms with Gasteiger partial charge >= 0.3 is 0 Å². The maximum Gasteiger partial charge on any atom is 0.256 e. The van der Waals surface area contributed by atoms with E-state index in [2.05, 4.69) is 12.2 Å². The number of benzene rings is 1. The summed E-state index contributed by atoms with van der Waals surface area (Å²) in [6.07, 6.45) is 3.33. The summed E-state index contributed by atoms with van der Waals surface area (Å²) in [5.74, 6) is 0.0444. The Kier molecular flexibility index (Phi) is 6.86. The molecule has 1 N–H and O–H groups in total. The average Bonchev–Trinajstić information content (AvgIpc) is 2.42. The van der Waals surface area contributed by atoms with Gasteiger partial charge in [-0.1, -0.05) is 31.4 Å². The molecule has 0 aromatic heterocycles. The summed E-state index contributed by atoms with van der Waals surface area (Å²) < 4.78 is 0. The van der Waals surface area contributed by atoms with Gasteiger partial charge in [-0.05, 0) is 38.5 Å². The second kappa shape index (κ2) is 8.15. The predicted octanol–water partition coefficient (Wildman–Crippen LogP) is 4.42. The molecule has 0 saturated heterocycles. The third-order valence-electron chi connectivity index (χ3n) is 3.37. The minimum absolute atomic E-state index is 0.0444. The molecule has 1 rings (SSSR count). The first-order chi connectivity index (χ1) is 9.51. The topological polar surface area (TPSA) is 32.3 Å². The van der Waals surface area contributed by atoms with Gasteiger partial charge in [0, 0.05) is 30.3 Å². The number of amides is 1. The van der Waals surface area contributed by atoms with Crippen LogP contribution in [0.2, 0.25) is 5.02 Å². The Morgan fingerprint density at radius 1 is 1.35 bits per heavy atom. The van der Waals surface area contributed by atoms with Gasteiger partial charge in [0.2, 0.25) is 0 Å². The van der Waals surface area contributed by atoms with Crippen LogP contribution in [0.5, 0.6) is 0 Å². The number of nitrogens with one attached hydrogen (secondary N) is 1. The zero-order chi connectivity index (χ0) is 15.1. The van der Waals surface area contributed by atoms with Crippen LogP contribution in [-0.4, -0.2) is 30.4 Å². The Morgan fingerprint density at radius 3 is 2.60 bits per heavy atom. The molecule has 112 valence electrons. The number of carbonyl (C=O) groups is 1. The first-order valence-corrected chi connectivity index (χ1v) is 7.67. The largest absolute Gasteiger partial charge is 0.387 e. The van der Waals surface area contributed by atoms with E-state index in [9.17, 15) is 4.79 Å². The molecule has 1 amide bonds. The quantitative estimate of drug-likeness (QED) is 0.755. The van der Waals surface area contributed by atoms with Gasteiger partial charge in [0.05, 0.1) is 5.56 Å². The zero-order valence-corrected chi connectivity index (χ0v) is 13.6. The highest BCUT2D eigenvalue weighted by atomic mass is 35.5. The van der Waals surface area contributed by atoms with Crippen molar-refractivity contribution < 1.29 is 4.79 Å². The minimum atomic E-state index is 0.0444. The molecule has 0 saturated carbocycles. The number of anilines is 1. The highest BCUT2D eigenvalue weighted by Gasteiger charge is 2.21. The summed E-state index contributed by atoms with van der Waals surface area (Å²) in [7, 11) is 1.82. The van der Waals surface area contributed by atoms with Gasteiger partial charge in [-0.3, -0.25) is 4.79 Å². The van der Waals surface area contributed by atoms with Gasteiger partial charge in [0.25, 0.3) is 5.91 Å².